The van der Waals surface area contributed by atoms with E-state index in [1.165, 1.54) is 0 Å². The number of carbonyl (C=O) groups is 1. The van der Waals surface area contributed by atoms with Gasteiger partial charge in [-0.2, -0.15) is 5.10 Å². The summed E-state index contributed by atoms with van der Waals surface area (Å²) in [6.07, 6.45) is 3.37. The summed E-state index contributed by atoms with van der Waals surface area (Å²) in [5, 5.41) is 5.05. The monoisotopic (exact) mass is 325 g/mol. The number of amides is 1. The molecule has 0 unspecified atom stereocenters. The Balaban J connectivity index is 2.99. The summed E-state index contributed by atoms with van der Waals surface area (Å²) in [5.41, 5.74) is 1.67. The molecular formula is C17H28ClN3O. The summed E-state index contributed by atoms with van der Waals surface area (Å²) in [5.74, 6) is 0.463. The highest BCUT2D eigenvalue weighted by Gasteiger charge is 2.18. The molecule has 1 rings (SSSR count). The third-order valence-corrected chi connectivity index (χ3v) is 3.81. The van der Waals surface area contributed by atoms with Crippen LogP contribution in [0.25, 0.3) is 6.08 Å². The predicted molar refractivity (Wildman–Crippen MR) is 93.0 cm³/mol. The van der Waals surface area contributed by atoms with Crippen LogP contribution >= 0.6 is 11.6 Å². The van der Waals surface area contributed by atoms with E-state index in [1.54, 1.807) is 16.8 Å². The van der Waals surface area contributed by atoms with Crippen LogP contribution in [0.5, 0.6) is 0 Å². The molecule has 0 spiro atoms. The molecular weight excluding hydrogens is 298 g/mol. The summed E-state index contributed by atoms with van der Waals surface area (Å²) in [4.78, 5) is 14.2. The summed E-state index contributed by atoms with van der Waals surface area (Å²) in [7, 11) is 0. The third kappa shape index (κ3) is 4.60. The number of hydrogen-bond acceptors (Lipinski definition) is 2. The maximum absolute atomic E-state index is 12.4. The zero-order valence-electron chi connectivity index (χ0n) is 14.7. The molecule has 0 aromatic carbocycles. The highest BCUT2D eigenvalue weighted by molar-refractivity contribution is 6.31. The molecule has 1 heterocycles. The highest BCUT2D eigenvalue weighted by Crippen LogP contribution is 2.22. The minimum atomic E-state index is -0.00271. The second-order valence-corrected chi connectivity index (χ2v) is 6.99. The molecule has 1 aromatic heterocycles. The molecule has 22 heavy (non-hydrogen) atoms. The quantitative estimate of drug-likeness (QED) is 0.736. The number of halogens is 1. The Bertz CT molecular complexity index is 536. The number of nitrogens with zero attached hydrogens (tertiary/aromatic N) is 3. The first-order valence-electron chi connectivity index (χ1n) is 7.88. The maximum Gasteiger partial charge on any atom is 0.247 e. The van der Waals surface area contributed by atoms with E-state index in [-0.39, 0.29) is 18.0 Å². The van der Waals surface area contributed by atoms with Gasteiger partial charge in [-0.15, -0.1) is 0 Å². The van der Waals surface area contributed by atoms with Gasteiger partial charge >= 0.3 is 0 Å². The van der Waals surface area contributed by atoms with Crippen molar-refractivity contribution >= 4 is 23.6 Å². The third-order valence-electron chi connectivity index (χ3n) is 3.41. The topological polar surface area (TPSA) is 38.1 Å². The van der Waals surface area contributed by atoms with Crippen molar-refractivity contribution in [1.29, 1.82) is 0 Å². The molecule has 5 heteroatoms. The predicted octanol–water partition coefficient (Wildman–Crippen LogP) is 4.16. The van der Waals surface area contributed by atoms with Gasteiger partial charge in [0.15, 0.2) is 0 Å². The van der Waals surface area contributed by atoms with Gasteiger partial charge < -0.3 is 4.90 Å². The molecule has 0 bridgehead atoms. The second kappa shape index (κ2) is 7.82. The van der Waals surface area contributed by atoms with Crippen molar-refractivity contribution in [2.24, 2.45) is 5.92 Å². The lowest BCUT2D eigenvalue weighted by Crippen LogP contribution is -2.41. The van der Waals surface area contributed by atoms with Crippen molar-refractivity contribution < 1.29 is 4.79 Å². The van der Waals surface area contributed by atoms with Gasteiger partial charge in [0, 0.05) is 30.3 Å². The molecule has 1 amide bonds. The lowest BCUT2D eigenvalue weighted by atomic mass is 10.2. The van der Waals surface area contributed by atoms with Crippen molar-refractivity contribution in [3.8, 4) is 0 Å². The first-order valence-corrected chi connectivity index (χ1v) is 8.26. The number of aryl methyl sites for hydroxylation is 1. The molecule has 0 aliphatic rings. The van der Waals surface area contributed by atoms with Crippen LogP contribution in [0.15, 0.2) is 6.08 Å². The molecule has 0 saturated carbocycles. The van der Waals surface area contributed by atoms with E-state index < -0.39 is 0 Å². The van der Waals surface area contributed by atoms with Crippen LogP contribution in [0.2, 0.25) is 5.15 Å². The molecule has 4 nitrogen and oxygen atoms in total. The Morgan fingerprint density at radius 3 is 2.23 bits per heavy atom. The van der Waals surface area contributed by atoms with Crippen LogP contribution in [0.1, 0.15) is 52.8 Å². The van der Waals surface area contributed by atoms with Gasteiger partial charge in [-0.1, -0.05) is 25.4 Å². The zero-order valence-corrected chi connectivity index (χ0v) is 15.5. The smallest absolute Gasteiger partial charge is 0.247 e. The molecule has 0 radical (unpaired) electrons. The van der Waals surface area contributed by atoms with Crippen LogP contribution < -0.4 is 0 Å². The van der Waals surface area contributed by atoms with Gasteiger partial charge in [0.25, 0.3) is 0 Å². The Morgan fingerprint density at radius 1 is 1.23 bits per heavy atom. The van der Waals surface area contributed by atoms with Crippen molar-refractivity contribution in [3.63, 3.8) is 0 Å². The molecule has 0 saturated heterocycles. The van der Waals surface area contributed by atoms with Gasteiger partial charge in [-0.05, 0) is 46.6 Å². The number of hydrogen-bond donors (Lipinski definition) is 0. The minimum Gasteiger partial charge on any atom is -0.334 e. The number of carbonyl (C=O) groups excluding carboxylic acids is 1. The fourth-order valence-corrected chi connectivity index (χ4v) is 2.88. The fourth-order valence-electron chi connectivity index (χ4n) is 2.57. The Hall–Kier alpha value is -1.29. The maximum atomic E-state index is 12.4. The van der Waals surface area contributed by atoms with E-state index >= 15 is 0 Å². The summed E-state index contributed by atoms with van der Waals surface area (Å²) < 4.78 is 1.80. The van der Waals surface area contributed by atoms with Crippen molar-refractivity contribution in [2.45, 2.75) is 67.1 Å². The van der Waals surface area contributed by atoms with E-state index in [4.69, 9.17) is 11.6 Å². The second-order valence-electron chi connectivity index (χ2n) is 6.63. The number of rotatable bonds is 6. The largest absolute Gasteiger partial charge is 0.334 e. The number of aromatic nitrogens is 2. The van der Waals surface area contributed by atoms with Gasteiger partial charge in [0.1, 0.15) is 5.15 Å². The van der Waals surface area contributed by atoms with E-state index in [0.29, 0.717) is 11.1 Å². The Labute approximate surface area is 139 Å². The van der Waals surface area contributed by atoms with Crippen LogP contribution in [-0.2, 0) is 11.3 Å². The fraction of sp³-hybridized carbons (Fsp3) is 0.647. The zero-order chi connectivity index (χ0) is 17.0. The van der Waals surface area contributed by atoms with Crippen molar-refractivity contribution in [3.05, 3.63) is 22.5 Å². The van der Waals surface area contributed by atoms with Crippen LogP contribution in [-0.4, -0.2) is 32.7 Å². The van der Waals surface area contributed by atoms with Crippen LogP contribution in [0.3, 0.4) is 0 Å². The highest BCUT2D eigenvalue weighted by atomic mass is 35.5. The van der Waals surface area contributed by atoms with E-state index in [2.05, 4.69) is 18.9 Å². The van der Waals surface area contributed by atoms with Gasteiger partial charge in [-0.25, -0.2) is 0 Å². The Kier molecular flexibility index (Phi) is 6.66. The summed E-state index contributed by atoms with van der Waals surface area (Å²) >= 11 is 6.39. The van der Waals surface area contributed by atoms with Crippen molar-refractivity contribution in [1.82, 2.24) is 14.7 Å². The normalized spacial score (nSPS) is 12.1. The average molecular weight is 326 g/mol. The molecule has 1 aromatic rings. The van der Waals surface area contributed by atoms with Crippen LogP contribution in [0.4, 0.5) is 0 Å². The van der Waals surface area contributed by atoms with Gasteiger partial charge in [-0.3, -0.25) is 9.48 Å². The van der Waals surface area contributed by atoms with Gasteiger partial charge in [0.05, 0.1) is 5.69 Å². The first kappa shape index (κ1) is 18.8. The Morgan fingerprint density at radius 2 is 1.77 bits per heavy atom. The van der Waals surface area contributed by atoms with Crippen molar-refractivity contribution in [2.75, 3.05) is 0 Å². The first-order chi connectivity index (χ1) is 10.1. The summed E-state index contributed by atoms with van der Waals surface area (Å²) in [6.45, 7) is 15.0. The molecule has 0 N–H and O–H groups in total. The van der Waals surface area contributed by atoms with Crippen LogP contribution in [0, 0.1) is 12.8 Å². The lowest BCUT2D eigenvalue weighted by Gasteiger charge is -2.29. The standard InChI is InChI=1S/C17H28ClN3O/c1-11(2)10-20-17(18)15(14(7)19-20)8-9-16(22)21(12(3)4)13(5)6/h8-9,11-13H,10H2,1-7H3/b9-8+. The SMILES string of the molecule is Cc1nn(CC(C)C)c(Cl)c1/C=C/C(=O)N(C(C)C)C(C)C. The molecule has 124 valence electrons. The molecule has 0 aliphatic carbocycles. The van der Waals surface area contributed by atoms with E-state index in [9.17, 15) is 4.79 Å². The lowest BCUT2D eigenvalue weighted by molar-refractivity contribution is -0.129. The molecule has 0 aliphatic heterocycles. The summed E-state index contributed by atoms with van der Waals surface area (Å²) in [6, 6.07) is 0.328. The molecule has 0 atom stereocenters. The van der Waals surface area contributed by atoms with Gasteiger partial charge in [0.2, 0.25) is 5.91 Å². The minimum absolute atomic E-state index is 0.00271. The van der Waals surface area contributed by atoms with E-state index in [1.807, 2.05) is 39.5 Å². The van der Waals surface area contributed by atoms with E-state index in [0.717, 1.165) is 17.8 Å². The average Bonchev–Trinajstić information content (AvgIpc) is 2.60. The molecule has 0 fully saturated rings.